The van der Waals surface area contributed by atoms with Gasteiger partial charge in [0.25, 0.3) is 0 Å². The molecule has 0 N–H and O–H groups in total. The molecule has 100 valence electrons. The fraction of sp³-hybridized carbons (Fsp3) is 0.769. The number of hydrogen-bond acceptors (Lipinski definition) is 5. The zero-order valence-electron chi connectivity index (χ0n) is 11.1. The molecule has 0 radical (unpaired) electrons. The van der Waals surface area contributed by atoms with Gasteiger partial charge in [0.2, 0.25) is 0 Å². The molecule has 1 aromatic rings. The van der Waals surface area contributed by atoms with E-state index in [4.69, 9.17) is 9.47 Å². The van der Waals surface area contributed by atoms with E-state index in [1.807, 2.05) is 0 Å². The molecule has 0 bridgehead atoms. The predicted molar refractivity (Wildman–Crippen MR) is 70.7 cm³/mol. The largest absolute Gasteiger partial charge is 0.346 e. The lowest BCUT2D eigenvalue weighted by Crippen LogP contribution is -2.48. The summed E-state index contributed by atoms with van der Waals surface area (Å²) in [5.74, 6) is -0.320. The van der Waals surface area contributed by atoms with Gasteiger partial charge in [0.1, 0.15) is 5.01 Å². The Bertz CT molecular complexity index is 407. The number of aromatic nitrogens is 1. The summed E-state index contributed by atoms with van der Waals surface area (Å²) in [6.45, 7) is 8.62. The molecule has 2 aliphatic rings. The van der Waals surface area contributed by atoms with Crippen molar-refractivity contribution in [1.29, 1.82) is 0 Å². The highest BCUT2D eigenvalue weighted by Crippen LogP contribution is 2.31. The van der Waals surface area contributed by atoms with E-state index in [-0.39, 0.29) is 5.79 Å². The summed E-state index contributed by atoms with van der Waals surface area (Å²) in [5.41, 5.74) is 1.16. The van der Waals surface area contributed by atoms with Crippen molar-refractivity contribution in [3.05, 3.63) is 15.6 Å². The lowest BCUT2D eigenvalue weighted by molar-refractivity contribution is -0.190. The summed E-state index contributed by atoms with van der Waals surface area (Å²) in [6.07, 6.45) is 2.17. The van der Waals surface area contributed by atoms with E-state index in [1.54, 1.807) is 11.3 Å². The summed E-state index contributed by atoms with van der Waals surface area (Å²) < 4.78 is 11.6. The lowest BCUT2D eigenvalue weighted by atomic mass is 10.0. The Labute approximate surface area is 112 Å². The molecule has 0 atom stereocenters. The van der Waals surface area contributed by atoms with Crippen LogP contribution in [0.3, 0.4) is 0 Å². The molecule has 3 rings (SSSR count). The summed E-state index contributed by atoms with van der Waals surface area (Å²) in [5, 5.41) is 1.21. The second-order valence-corrected chi connectivity index (χ2v) is 6.46. The Morgan fingerprint density at radius 3 is 2.78 bits per heavy atom. The predicted octanol–water partition coefficient (Wildman–Crippen LogP) is 2.10. The van der Waals surface area contributed by atoms with Crippen molar-refractivity contribution >= 4 is 11.3 Å². The molecule has 3 heterocycles. The molecule has 2 saturated heterocycles. The van der Waals surface area contributed by atoms with Crippen molar-refractivity contribution in [3.63, 3.8) is 0 Å². The van der Waals surface area contributed by atoms with Crippen molar-refractivity contribution in [3.8, 4) is 0 Å². The van der Waals surface area contributed by atoms with Crippen LogP contribution >= 0.6 is 11.3 Å². The normalized spacial score (nSPS) is 23.9. The second kappa shape index (κ2) is 4.89. The van der Waals surface area contributed by atoms with Gasteiger partial charge in [0, 0.05) is 11.3 Å². The molecule has 1 aromatic heterocycles. The van der Waals surface area contributed by atoms with Gasteiger partial charge < -0.3 is 9.47 Å². The van der Waals surface area contributed by atoms with Crippen LogP contribution in [0.2, 0.25) is 0 Å². The SMILES string of the molecule is Cc1nc(CN2CCCC3(C2)OCCO3)sc1C. The topological polar surface area (TPSA) is 34.6 Å². The van der Waals surface area contributed by atoms with Crippen LogP contribution in [0.4, 0.5) is 0 Å². The van der Waals surface area contributed by atoms with E-state index >= 15 is 0 Å². The van der Waals surface area contributed by atoms with Gasteiger partial charge in [-0.05, 0) is 26.8 Å². The van der Waals surface area contributed by atoms with Crippen molar-refractivity contribution in [2.75, 3.05) is 26.3 Å². The molecular weight excluding hydrogens is 248 g/mol. The monoisotopic (exact) mass is 268 g/mol. The lowest BCUT2D eigenvalue weighted by Gasteiger charge is -2.38. The van der Waals surface area contributed by atoms with Crippen LogP contribution in [0.1, 0.15) is 28.4 Å². The molecule has 0 unspecified atom stereocenters. The second-order valence-electron chi connectivity index (χ2n) is 5.17. The molecule has 1 spiro atoms. The van der Waals surface area contributed by atoms with Crippen LogP contribution in [-0.4, -0.2) is 42.0 Å². The molecule has 0 aromatic carbocycles. The average molecular weight is 268 g/mol. The van der Waals surface area contributed by atoms with Crippen LogP contribution in [-0.2, 0) is 16.0 Å². The number of likely N-dealkylation sites (tertiary alicyclic amines) is 1. The van der Waals surface area contributed by atoms with E-state index in [0.717, 1.165) is 51.4 Å². The Kier molecular flexibility index (Phi) is 3.40. The molecule has 0 aliphatic carbocycles. The first-order valence-electron chi connectivity index (χ1n) is 6.60. The zero-order chi connectivity index (χ0) is 12.6. The first-order valence-corrected chi connectivity index (χ1v) is 7.42. The van der Waals surface area contributed by atoms with E-state index in [1.165, 1.54) is 9.88 Å². The first-order chi connectivity index (χ1) is 8.67. The minimum atomic E-state index is -0.320. The van der Waals surface area contributed by atoms with Gasteiger partial charge in [0.15, 0.2) is 5.79 Å². The van der Waals surface area contributed by atoms with E-state index in [0.29, 0.717) is 0 Å². The maximum Gasteiger partial charge on any atom is 0.181 e. The number of hydrogen-bond donors (Lipinski definition) is 0. The fourth-order valence-corrected chi connectivity index (χ4v) is 3.71. The van der Waals surface area contributed by atoms with Gasteiger partial charge in [-0.15, -0.1) is 11.3 Å². The summed E-state index contributed by atoms with van der Waals surface area (Å²) in [7, 11) is 0. The molecule has 0 amide bonds. The van der Waals surface area contributed by atoms with Gasteiger partial charge in [-0.1, -0.05) is 0 Å². The molecule has 2 fully saturated rings. The molecule has 2 aliphatic heterocycles. The van der Waals surface area contributed by atoms with Gasteiger partial charge in [-0.25, -0.2) is 4.98 Å². The summed E-state index contributed by atoms with van der Waals surface area (Å²) >= 11 is 1.80. The Morgan fingerprint density at radius 2 is 2.11 bits per heavy atom. The standard InChI is InChI=1S/C13H20N2O2S/c1-10-11(2)18-12(14-10)8-15-5-3-4-13(9-15)16-6-7-17-13/h3-9H2,1-2H3. The van der Waals surface area contributed by atoms with Crippen molar-refractivity contribution in [1.82, 2.24) is 9.88 Å². The first kappa shape index (κ1) is 12.5. The smallest absolute Gasteiger partial charge is 0.181 e. The van der Waals surface area contributed by atoms with Gasteiger partial charge >= 0.3 is 0 Å². The molecule has 0 saturated carbocycles. The summed E-state index contributed by atoms with van der Waals surface area (Å²) in [6, 6.07) is 0. The van der Waals surface area contributed by atoms with Crippen LogP contribution in [0.25, 0.3) is 0 Å². The summed E-state index contributed by atoms with van der Waals surface area (Å²) in [4.78, 5) is 8.35. The maximum absolute atomic E-state index is 5.80. The molecule has 5 heteroatoms. The Balaban J connectivity index is 1.65. The number of thiazole rings is 1. The van der Waals surface area contributed by atoms with E-state index < -0.39 is 0 Å². The maximum atomic E-state index is 5.80. The average Bonchev–Trinajstić information content (AvgIpc) is 2.88. The minimum absolute atomic E-state index is 0.320. The molecule has 18 heavy (non-hydrogen) atoms. The minimum Gasteiger partial charge on any atom is -0.346 e. The van der Waals surface area contributed by atoms with Gasteiger partial charge in [-0.3, -0.25) is 4.90 Å². The number of rotatable bonds is 2. The van der Waals surface area contributed by atoms with Crippen molar-refractivity contribution in [2.45, 2.75) is 39.0 Å². The zero-order valence-corrected chi connectivity index (χ0v) is 11.9. The molecular formula is C13H20N2O2S. The highest BCUT2D eigenvalue weighted by molar-refractivity contribution is 7.11. The van der Waals surface area contributed by atoms with E-state index in [2.05, 4.69) is 23.7 Å². The molecule has 4 nitrogen and oxygen atoms in total. The van der Waals surface area contributed by atoms with E-state index in [9.17, 15) is 0 Å². The Morgan fingerprint density at radius 1 is 1.33 bits per heavy atom. The van der Waals surface area contributed by atoms with Crippen LogP contribution in [0, 0.1) is 13.8 Å². The van der Waals surface area contributed by atoms with Crippen LogP contribution < -0.4 is 0 Å². The third kappa shape index (κ3) is 2.45. The third-order valence-corrected chi connectivity index (χ3v) is 4.80. The number of aryl methyl sites for hydroxylation is 2. The van der Waals surface area contributed by atoms with Crippen molar-refractivity contribution < 1.29 is 9.47 Å². The highest BCUT2D eigenvalue weighted by atomic mass is 32.1. The number of ether oxygens (including phenoxy) is 2. The number of piperidine rings is 1. The number of nitrogens with zero attached hydrogens (tertiary/aromatic N) is 2. The van der Waals surface area contributed by atoms with Crippen LogP contribution in [0.5, 0.6) is 0 Å². The van der Waals surface area contributed by atoms with Crippen LogP contribution in [0.15, 0.2) is 0 Å². The van der Waals surface area contributed by atoms with Gasteiger partial charge in [0.05, 0.1) is 32.0 Å². The fourth-order valence-electron chi connectivity index (χ4n) is 2.74. The van der Waals surface area contributed by atoms with Crippen molar-refractivity contribution in [2.24, 2.45) is 0 Å². The highest BCUT2D eigenvalue weighted by Gasteiger charge is 2.40. The Hall–Kier alpha value is -0.490. The van der Waals surface area contributed by atoms with Gasteiger partial charge in [-0.2, -0.15) is 0 Å². The third-order valence-electron chi connectivity index (χ3n) is 3.74. The quantitative estimate of drug-likeness (QED) is 0.822.